The largest absolute Gasteiger partial charge is 0.395 e. The molecule has 0 amide bonds. The van der Waals surface area contributed by atoms with Gasteiger partial charge in [-0.05, 0) is 18.9 Å². The number of aliphatic hydroxyl groups is 2. The Kier molecular flexibility index (Phi) is 5.52. The Bertz CT molecular complexity index is 576. The zero-order chi connectivity index (χ0) is 17.8. The maximum atomic E-state index is 13.6. The Balaban J connectivity index is 2.40. The summed E-state index contributed by atoms with van der Waals surface area (Å²) in [5, 5.41) is 18.7. The van der Waals surface area contributed by atoms with Gasteiger partial charge in [-0.1, -0.05) is 30.3 Å². The van der Waals surface area contributed by atoms with E-state index in [9.17, 15) is 14.8 Å². The van der Waals surface area contributed by atoms with Crippen LogP contribution in [0.3, 0.4) is 0 Å². The molecule has 22 heavy (non-hydrogen) atoms. The molecule has 1 aromatic rings. The first-order valence-electron chi connectivity index (χ1n) is 8.43. The van der Waals surface area contributed by atoms with E-state index in [1.807, 2.05) is 37.3 Å². The number of benzene rings is 1. The maximum absolute atomic E-state index is 13.6. The molecule has 1 saturated heterocycles. The molecule has 0 aromatic heterocycles. The van der Waals surface area contributed by atoms with Crippen LogP contribution in [0.4, 0.5) is 0 Å². The normalized spacial score (nSPS) is 26.5. The van der Waals surface area contributed by atoms with E-state index in [1.54, 1.807) is 4.67 Å². The van der Waals surface area contributed by atoms with Gasteiger partial charge in [-0.3, -0.25) is 4.57 Å². The van der Waals surface area contributed by atoms with E-state index in [2.05, 4.69) is 0 Å². The predicted octanol–water partition coefficient (Wildman–Crippen LogP) is 1.86. The molecule has 124 valence electrons. The average molecular weight is 330 g/mol. The van der Waals surface area contributed by atoms with Gasteiger partial charge in [0.15, 0.2) is 0 Å². The first-order chi connectivity index (χ1) is 11.4. The monoisotopic (exact) mass is 330 g/mol. The molecule has 2 rings (SSSR count). The van der Waals surface area contributed by atoms with Gasteiger partial charge in [0.1, 0.15) is 0 Å². The molecular weight excluding hydrogens is 303 g/mol. The van der Waals surface area contributed by atoms with Crippen LogP contribution in [0.25, 0.3) is 0 Å². The van der Waals surface area contributed by atoms with Gasteiger partial charge in [0.2, 0.25) is 0 Å². The van der Waals surface area contributed by atoms with Gasteiger partial charge in [0.25, 0.3) is 0 Å². The molecule has 2 atom stereocenters. The van der Waals surface area contributed by atoms with Crippen LogP contribution in [-0.4, -0.2) is 59.0 Å². The van der Waals surface area contributed by atoms with Crippen LogP contribution in [0, 0.1) is 0 Å². The summed E-state index contributed by atoms with van der Waals surface area (Å²) in [5.41, 5.74) is 0.941. The number of nitrogens with zero attached hydrogens (tertiary/aromatic N) is 2. The molecule has 2 N–H and O–H groups in total. The zero-order valence-electron chi connectivity index (χ0n) is 14.8. The van der Waals surface area contributed by atoms with Gasteiger partial charge in [-0.2, -0.15) is 0 Å². The van der Waals surface area contributed by atoms with Crippen LogP contribution >= 0.6 is 7.67 Å². The topological polar surface area (TPSA) is 73.2 Å². The summed E-state index contributed by atoms with van der Waals surface area (Å²) < 4.78 is 37.8. The second-order valence-corrected chi connectivity index (χ2v) is 7.33. The second-order valence-electron chi connectivity index (χ2n) is 5.09. The molecule has 0 bridgehead atoms. The minimum atomic E-state index is -3.74. The highest BCUT2D eigenvalue weighted by atomic mass is 31.2. The molecule has 6 nitrogen and oxygen atoms in total. The summed E-state index contributed by atoms with van der Waals surface area (Å²) in [6.07, 6.45) is 0.677. The molecule has 0 radical (unpaired) electrons. The van der Waals surface area contributed by atoms with Crippen molar-refractivity contribution in [3.8, 4) is 0 Å². The Morgan fingerprint density at radius 2 is 2.14 bits per heavy atom. The fraction of sp³-hybridized carbons (Fsp3) is 0.600. The lowest BCUT2D eigenvalue weighted by Crippen LogP contribution is -2.40. The van der Waals surface area contributed by atoms with Gasteiger partial charge < -0.3 is 14.7 Å². The lowest BCUT2D eigenvalue weighted by atomic mass is 10.1. The van der Waals surface area contributed by atoms with E-state index in [0.717, 1.165) is 10.2 Å². The van der Waals surface area contributed by atoms with Crippen LogP contribution in [0.2, 0.25) is 0 Å². The molecule has 1 aliphatic heterocycles. The standard InChI is InChI=1S/C15H25N2O4P/c1-14(15-6-3-2-4-7-15)17-8-5-13-21-22(17,20)16(9-11-18)10-12-19/h2-4,6-7,14,18-19H,5,8-13H2,1H3/i9D2. The molecule has 0 saturated carbocycles. The van der Waals surface area contributed by atoms with Crippen molar-refractivity contribution in [3.05, 3.63) is 35.9 Å². The Hall–Kier alpha value is -0.750. The lowest BCUT2D eigenvalue weighted by Gasteiger charge is -2.43. The van der Waals surface area contributed by atoms with E-state index in [0.29, 0.717) is 13.0 Å². The molecule has 7 heteroatoms. The molecule has 1 aromatic carbocycles. The quantitative estimate of drug-likeness (QED) is 0.744. The summed E-state index contributed by atoms with van der Waals surface area (Å²) in [5.74, 6) is 0. The number of rotatable bonds is 7. The molecule has 2 unspecified atom stereocenters. The van der Waals surface area contributed by atoms with E-state index < -0.39 is 20.8 Å². The predicted molar refractivity (Wildman–Crippen MR) is 85.5 cm³/mol. The third kappa shape index (κ3) is 3.77. The highest BCUT2D eigenvalue weighted by molar-refractivity contribution is 7.54. The smallest absolute Gasteiger partial charge is 0.346 e. The van der Waals surface area contributed by atoms with Crippen molar-refractivity contribution in [2.45, 2.75) is 19.4 Å². The number of aliphatic hydroxyl groups excluding tert-OH is 2. The van der Waals surface area contributed by atoms with Crippen LogP contribution in [-0.2, 0) is 9.09 Å². The SMILES string of the molecule is [2H]C([2H])(CO)N(CCO)P1(=O)OCCCN1C(C)c1ccccc1. The number of hydrogen-bond donors (Lipinski definition) is 2. The van der Waals surface area contributed by atoms with Crippen molar-refractivity contribution in [1.82, 2.24) is 9.34 Å². The average Bonchev–Trinajstić information content (AvgIpc) is 2.60. The first-order valence-corrected chi connectivity index (χ1v) is 8.96. The van der Waals surface area contributed by atoms with Gasteiger partial charge in [0, 0.05) is 28.4 Å². The summed E-state index contributed by atoms with van der Waals surface area (Å²) >= 11 is 0. The van der Waals surface area contributed by atoms with Crippen molar-refractivity contribution in [1.29, 1.82) is 0 Å². The lowest BCUT2D eigenvalue weighted by molar-refractivity contribution is 0.126. The van der Waals surface area contributed by atoms with Gasteiger partial charge >= 0.3 is 7.67 Å². The molecule has 1 aliphatic rings. The second kappa shape index (κ2) is 8.20. The summed E-state index contributed by atoms with van der Waals surface area (Å²) in [4.78, 5) is 0. The van der Waals surface area contributed by atoms with Crippen molar-refractivity contribution >= 4 is 7.67 Å². The fourth-order valence-corrected chi connectivity index (χ4v) is 5.09. The van der Waals surface area contributed by atoms with Crippen molar-refractivity contribution in [3.63, 3.8) is 0 Å². The maximum Gasteiger partial charge on any atom is 0.346 e. The molecular formula is C15H25N2O4P. The van der Waals surface area contributed by atoms with Crippen LogP contribution in [0.1, 0.15) is 27.7 Å². The molecule has 0 spiro atoms. The zero-order valence-corrected chi connectivity index (χ0v) is 13.7. The molecule has 1 fully saturated rings. The third-order valence-corrected chi connectivity index (χ3v) is 6.38. The van der Waals surface area contributed by atoms with Crippen LogP contribution in [0.5, 0.6) is 0 Å². The van der Waals surface area contributed by atoms with Crippen molar-refractivity contribution in [2.24, 2.45) is 0 Å². The van der Waals surface area contributed by atoms with Crippen molar-refractivity contribution < 1.29 is 22.0 Å². The summed E-state index contributed by atoms with van der Waals surface area (Å²) in [6.45, 7) is -1.06. The summed E-state index contributed by atoms with van der Waals surface area (Å²) in [7, 11) is -3.74. The fourth-order valence-electron chi connectivity index (χ4n) is 2.61. The highest BCUT2D eigenvalue weighted by Crippen LogP contribution is 2.59. The Labute approximate surface area is 134 Å². The molecule has 1 heterocycles. The minimum Gasteiger partial charge on any atom is -0.395 e. The van der Waals surface area contributed by atoms with Crippen LogP contribution in [0.15, 0.2) is 30.3 Å². The first kappa shape index (κ1) is 14.8. The van der Waals surface area contributed by atoms with Gasteiger partial charge in [-0.15, -0.1) is 0 Å². The van der Waals surface area contributed by atoms with E-state index in [1.165, 1.54) is 0 Å². The van der Waals surface area contributed by atoms with E-state index >= 15 is 0 Å². The van der Waals surface area contributed by atoms with Gasteiger partial charge in [-0.25, -0.2) is 9.34 Å². The Morgan fingerprint density at radius 1 is 1.41 bits per heavy atom. The van der Waals surface area contributed by atoms with Crippen LogP contribution < -0.4 is 0 Å². The Morgan fingerprint density at radius 3 is 2.77 bits per heavy atom. The highest BCUT2D eigenvalue weighted by Gasteiger charge is 2.43. The van der Waals surface area contributed by atoms with E-state index in [4.69, 9.17) is 7.27 Å². The third-order valence-electron chi connectivity index (χ3n) is 3.71. The number of hydrogen-bond acceptors (Lipinski definition) is 4. The van der Waals surface area contributed by atoms with E-state index in [-0.39, 0.29) is 25.8 Å². The van der Waals surface area contributed by atoms with Crippen molar-refractivity contribution in [2.75, 3.05) is 39.4 Å². The summed E-state index contributed by atoms with van der Waals surface area (Å²) in [6, 6.07) is 9.25. The molecule has 0 aliphatic carbocycles. The minimum absolute atomic E-state index is 0.192. The van der Waals surface area contributed by atoms with Gasteiger partial charge in [0.05, 0.1) is 19.8 Å².